The van der Waals surface area contributed by atoms with Gasteiger partial charge in [0.1, 0.15) is 12.6 Å². The molecule has 1 unspecified atom stereocenters. The van der Waals surface area contributed by atoms with Crippen molar-refractivity contribution >= 4 is 27.9 Å². The minimum absolute atomic E-state index is 0.0510. The molecule has 0 radical (unpaired) electrons. The molecule has 0 heterocycles. The van der Waals surface area contributed by atoms with Crippen molar-refractivity contribution in [2.75, 3.05) is 12.3 Å². The van der Waals surface area contributed by atoms with Gasteiger partial charge in [-0.05, 0) is 37.3 Å². The Morgan fingerprint density at radius 3 is 2.10 bits per heavy atom. The smallest absolute Gasteiger partial charge is 0.408 e. The Bertz CT molecular complexity index is 1210. The first kappa shape index (κ1) is 33.7. The molecule has 0 bridgehead atoms. The van der Waals surface area contributed by atoms with Crippen molar-refractivity contribution in [1.82, 2.24) is 14.9 Å². The summed E-state index contributed by atoms with van der Waals surface area (Å²) in [6.07, 6.45) is -1.64. The number of carbonyl (C=O) groups excluding carboxylic acids is 3. The average molecular weight is 591 g/mol. The maximum Gasteiger partial charge on any atom is 0.408 e. The summed E-state index contributed by atoms with van der Waals surface area (Å²) in [5.41, 5.74) is 6.86. The lowest BCUT2D eigenvalue weighted by atomic mass is 10.00. The molecule has 0 aliphatic heterocycles. The molecule has 41 heavy (non-hydrogen) atoms. The van der Waals surface area contributed by atoms with Crippen LogP contribution in [0.15, 0.2) is 60.7 Å². The van der Waals surface area contributed by atoms with Crippen molar-refractivity contribution in [3.63, 3.8) is 0 Å². The van der Waals surface area contributed by atoms with E-state index in [2.05, 4.69) is 10.6 Å². The number of nitrogens with one attached hydrogen (secondary N) is 2. The number of hydrogen-bond acceptors (Lipinski definition) is 7. The van der Waals surface area contributed by atoms with Gasteiger partial charge in [0, 0.05) is 12.6 Å². The van der Waals surface area contributed by atoms with Crippen molar-refractivity contribution in [2.45, 2.75) is 77.3 Å². The molecule has 2 aromatic carbocycles. The Kier molecular flexibility index (Phi) is 13.7. The van der Waals surface area contributed by atoms with E-state index in [9.17, 15) is 27.9 Å². The van der Waals surface area contributed by atoms with Crippen LogP contribution in [0.5, 0.6) is 0 Å². The number of ether oxygens (including phenoxy) is 1. The van der Waals surface area contributed by atoms with E-state index >= 15 is 0 Å². The molecule has 0 aliphatic carbocycles. The number of benzene rings is 2. The molecular weight excluding hydrogens is 548 g/mol. The fourth-order valence-electron chi connectivity index (χ4n) is 4.21. The minimum atomic E-state index is -3.67. The van der Waals surface area contributed by atoms with E-state index in [1.165, 1.54) is 4.31 Å². The number of amides is 3. The number of aliphatic hydroxyl groups is 1. The SMILES string of the molecule is CCCS(=O)(=O)N(C[C@@H](O)[C@H](Cc1ccccc1)NC(=O)[C@H](CC(N)=O)NC(=O)OCc1ccccc1)C(C)CC. The van der Waals surface area contributed by atoms with Gasteiger partial charge >= 0.3 is 6.09 Å². The Balaban J connectivity index is 2.24. The second kappa shape index (κ2) is 16.7. The fraction of sp³-hybridized carbons (Fsp3) is 0.483. The predicted molar refractivity (Wildman–Crippen MR) is 156 cm³/mol. The third kappa shape index (κ3) is 11.5. The summed E-state index contributed by atoms with van der Waals surface area (Å²) >= 11 is 0. The molecule has 5 N–H and O–H groups in total. The molecule has 4 atom stereocenters. The summed E-state index contributed by atoms with van der Waals surface area (Å²) in [4.78, 5) is 37.5. The highest BCUT2D eigenvalue weighted by atomic mass is 32.2. The maximum absolute atomic E-state index is 13.3. The molecule has 12 heteroatoms. The minimum Gasteiger partial charge on any atom is -0.445 e. The van der Waals surface area contributed by atoms with Crippen molar-refractivity contribution in [3.05, 3.63) is 71.8 Å². The van der Waals surface area contributed by atoms with Crippen molar-refractivity contribution in [2.24, 2.45) is 5.73 Å². The molecule has 0 spiro atoms. The van der Waals surface area contributed by atoms with Gasteiger partial charge < -0.3 is 26.2 Å². The molecule has 0 fully saturated rings. The van der Waals surface area contributed by atoms with Crippen LogP contribution in [0.2, 0.25) is 0 Å². The topological polar surface area (TPSA) is 168 Å². The van der Waals surface area contributed by atoms with Crippen LogP contribution < -0.4 is 16.4 Å². The lowest BCUT2D eigenvalue weighted by Gasteiger charge is -2.33. The van der Waals surface area contributed by atoms with Crippen LogP contribution in [0.4, 0.5) is 4.79 Å². The van der Waals surface area contributed by atoms with Gasteiger partial charge in [0.25, 0.3) is 0 Å². The van der Waals surface area contributed by atoms with E-state index in [1.54, 1.807) is 50.2 Å². The molecule has 0 saturated heterocycles. The molecule has 11 nitrogen and oxygen atoms in total. The Hall–Kier alpha value is -3.48. The van der Waals surface area contributed by atoms with Crippen LogP contribution in [0.1, 0.15) is 51.2 Å². The molecule has 0 aliphatic rings. The summed E-state index contributed by atoms with van der Waals surface area (Å²) in [6.45, 7) is 5.08. The Morgan fingerprint density at radius 2 is 1.56 bits per heavy atom. The summed E-state index contributed by atoms with van der Waals surface area (Å²) in [6, 6.07) is 15.3. The van der Waals surface area contributed by atoms with Crippen LogP contribution >= 0.6 is 0 Å². The van der Waals surface area contributed by atoms with Crippen molar-refractivity contribution in [1.29, 1.82) is 0 Å². The normalized spacial score (nSPS) is 14.5. The standard InChI is InChI=1S/C29H42N4O7S/c1-4-16-41(38,39)33(21(3)5-2)19-26(34)24(17-22-12-8-6-9-13-22)31-28(36)25(18-27(30)35)32-29(37)40-20-23-14-10-7-11-15-23/h6-15,21,24-26,34H,4-5,16-20H2,1-3H3,(H2,30,35)(H,31,36)(H,32,37)/t21?,24-,25-,26+/m0/s1. The van der Waals surface area contributed by atoms with E-state index in [4.69, 9.17) is 10.5 Å². The van der Waals surface area contributed by atoms with Gasteiger partial charge in [-0.3, -0.25) is 9.59 Å². The van der Waals surface area contributed by atoms with E-state index in [0.717, 1.165) is 11.1 Å². The van der Waals surface area contributed by atoms with E-state index in [0.29, 0.717) is 12.8 Å². The van der Waals surface area contributed by atoms with Crippen LogP contribution in [0.3, 0.4) is 0 Å². The highest BCUT2D eigenvalue weighted by Gasteiger charge is 2.33. The lowest BCUT2D eigenvalue weighted by Crippen LogP contribution is -2.56. The van der Waals surface area contributed by atoms with Crippen molar-refractivity contribution < 1.29 is 32.6 Å². The van der Waals surface area contributed by atoms with Gasteiger partial charge in [0.05, 0.1) is 24.3 Å². The first-order valence-corrected chi connectivity index (χ1v) is 15.3. The highest BCUT2D eigenvalue weighted by Crippen LogP contribution is 2.16. The fourth-order valence-corrected chi connectivity index (χ4v) is 6.04. The van der Waals surface area contributed by atoms with Gasteiger partial charge in [0.2, 0.25) is 21.8 Å². The zero-order chi connectivity index (χ0) is 30.4. The molecular formula is C29H42N4O7S. The maximum atomic E-state index is 13.3. The second-order valence-electron chi connectivity index (χ2n) is 9.94. The van der Waals surface area contributed by atoms with Crippen molar-refractivity contribution in [3.8, 4) is 0 Å². The summed E-state index contributed by atoms with van der Waals surface area (Å²) in [5, 5.41) is 16.4. The largest absolute Gasteiger partial charge is 0.445 e. The average Bonchev–Trinajstić information content (AvgIpc) is 2.94. The molecule has 0 saturated carbocycles. The van der Waals surface area contributed by atoms with Gasteiger partial charge in [-0.15, -0.1) is 0 Å². The molecule has 2 rings (SSSR count). The highest BCUT2D eigenvalue weighted by molar-refractivity contribution is 7.89. The molecule has 2 aromatic rings. The third-order valence-corrected chi connectivity index (χ3v) is 8.73. The number of primary amides is 1. The number of hydrogen-bond donors (Lipinski definition) is 4. The lowest BCUT2D eigenvalue weighted by molar-refractivity contribution is -0.128. The summed E-state index contributed by atoms with van der Waals surface area (Å²) < 4.78 is 32.5. The first-order valence-electron chi connectivity index (χ1n) is 13.7. The van der Waals surface area contributed by atoms with Gasteiger partial charge in [-0.25, -0.2) is 13.2 Å². The molecule has 3 amide bonds. The van der Waals surface area contributed by atoms with Gasteiger partial charge in [-0.1, -0.05) is 74.5 Å². The van der Waals surface area contributed by atoms with E-state index in [-0.39, 0.29) is 31.4 Å². The predicted octanol–water partition coefficient (Wildman–Crippen LogP) is 2.09. The number of sulfonamides is 1. The summed E-state index contributed by atoms with van der Waals surface area (Å²) in [7, 11) is -3.67. The summed E-state index contributed by atoms with van der Waals surface area (Å²) in [5.74, 6) is -1.68. The second-order valence-corrected chi connectivity index (χ2v) is 12.0. The molecule has 0 aromatic heterocycles. The third-order valence-electron chi connectivity index (χ3n) is 6.59. The van der Waals surface area contributed by atoms with E-state index < -0.39 is 52.5 Å². The monoisotopic (exact) mass is 590 g/mol. The van der Waals surface area contributed by atoms with Gasteiger partial charge in [-0.2, -0.15) is 4.31 Å². The number of carbonyl (C=O) groups is 3. The number of aliphatic hydroxyl groups excluding tert-OH is 1. The number of nitrogens with zero attached hydrogens (tertiary/aromatic N) is 1. The molecule has 226 valence electrons. The Morgan fingerprint density at radius 1 is 0.976 bits per heavy atom. The first-order chi connectivity index (χ1) is 19.5. The van der Waals surface area contributed by atoms with Crippen LogP contribution in [0, 0.1) is 0 Å². The number of rotatable bonds is 17. The Labute approximate surface area is 242 Å². The van der Waals surface area contributed by atoms with Gasteiger partial charge in [0.15, 0.2) is 0 Å². The van der Waals surface area contributed by atoms with Crippen LogP contribution in [-0.4, -0.2) is 72.3 Å². The van der Waals surface area contributed by atoms with Crippen LogP contribution in [0.25, 0.3) is 0 Å². The van der Waals surface area contributed by atoms with Crippen LogP contribution in [-0.2, 0) is 37.4 Å². The number of alkyl carbamates (subject to hydrolysis) is 1. The van der Waals surface area contributed by atoms with E-state index in [1.807, 2.05) is 31.2 Å². The quantitative estimate of drug-likeness (QED) is 0.219. The zero-order valence-corrected chi connectivity index (χ0v) is 24.7. The number of nitrogens with two attached hydrogens (primary N) is 1. The zero-order valence-electron chi connectivity index (χ0n) is 23.9.